The summed E-state index contributed by atoms with van der Waals surface area (Å²) in [7, 11) is 2.82. The van der Waals surface area contributed by atoms with Crippen molar-refractivity contribution in [3.63, 3.8) is 0 Å². The quantitative estimate of drug-likeness (QED) is 0.291. The molecule has 0 aliphatic heterocycles. The highest BCUT2D eigenvalue weighted by Crippen LogP contribution is 2.26. The summed E-state index contributed by atoms with van der Waals surface area (Å²) >= 11 is 0. The van der Waals surface area contributed by atoms with Crippen LogP contribution in [-0.2, 0) is 4.79 Å². The molecule has 0 atom stereocenters. The molecule has 7 nitrogen and oxygen atoms in total. The Morgan fingerprint density at radius 3 is 2.47 bits per heavy atom. The Balaban J connectivity index is 3.48. The second kappa shape index (κ2) is 5.64. The smallest absolute Gasteiger partial charge is 0.280 e. The number of hydrogen-bond donors (Lipinski definition) is 1. The van der Waals surface area contributed by atoms with E-state index in [2.05, 4.69) is 0 Å². The molecule has 0 aliphatic carbocycles. The van der Waals surface area contributed by atoms with Gasteiger partial charge in [0.05, 0.1) is 10.5 Å². The van der Waals surface area contributed by atoms with Crippen molar-refractivity contribution in [3.8, 4) is 6.07 Å². The number of nitriles is 1. The molecule has 1 N–H and O–H groups in total. The lowest BCUT2D eigenvalue weighted by Crippen LogP contribution is -2.23. The summed E-state index contributed by atoms with van der Waals surface area (Å²) in [6.07, 6.45) is 0. The SMILES string of the molecule is CN(C)C(=O)/C(C#N)=C(\O)c1ccccc1[N+](=O)[O-]. The summed E-state index contributed by atoms with van der Waals surface area (Å²) in [5.74, 6) is -1.42. The second-order valence-corrected chi connectivity index (χ2v) is 3.81. The van der Waals surface area contributed by atoms with Crippen LogP contribution in [0.5, 0.6) is 0 Å². The molecule has 0 radical (unpaired) electrons. The van der Waals surface area contributed by atoms with Gasteiger partial charge in [-0.2, -0.15) is 5.26 Å². The van der Waals surface area contributed by atoms with Crippen molar-refractivity contribution in [1.82, 2.24) is 4.90 Å². The van der Waals surface area contributed by atoms with E-state index in [-0.39, 0.29) is 11.3 Å². The van der Waals surface area contributed by atoms with Crippen molar-refractivity contribution in [1.29, 1.82) is 5.26 Å². The molecule has 0 aromatic heterocycles. The average molecular weight is 261 g/mol. The van der Waals surface area contributed by atoms with Gasteiger partial charge < -0.3 is 10.0 Å². The predicted octanol–water partition coefficient (Wildman–Crippen LogP) is 1.48. The van der Waals surface area contributed by atoms with Crippen molar-refractivity contribution in [3.05, 3.63) is 45.5 Å². The zero-order chi connectivity index (χ0) is 14.6. The summed E-state index contributed by atoms with van der Waals surface area (Å²) in [5.41, 5.74) is -1.09. The van der Waals surface area contributed by atoms with E-state index in [9.17, 15) is 20.0 Å². The average Bonchev–Trinajstić information content (AvgIpc) is 2.39. The number of aliphatic hydroxyl groups is 1. The number of benzene rings is 1. The number of carbonyl (C=O) groups is 1. The molecule has 98 valence electrons. The first-order chi connectivity index (χ1) is 8.90. The molecular weight excluding hydrogens is 250 g/mol. The van der Waals surface area contributed by atoms with Gasteiger partial charge in [-0.05, 0) is 6.07 Å². The highest BCUT2D eigenvalue weighted by atomic mass is 16.6. The van der Waals surface area contributed by atoms with Crippen molar-refractivity contribution in [2.45, 2.75) is 0 Å². The number of carbonyl (C=O) groups excluding carboxylic acids is 1. The topological polar surface area (TPSA) is 107 Å². The van der Waals surface area contributed by atoms with Crippen LogP contribution in [0.1, 0.15) is 5.56 Å². The first-order valence-corrected chi connectivity index (χ1v) is 5.19. The minimum absolute atomic E-state index is 0.167. The molecule has 1 aromatic rings. The van der Waals surface area contributed by atoms with Crippen LogP contribution in [-0.4, -0.2) is 34.9 Å². The Labute approximate surface area is 109 Å². The number of aliphatic hydroxyl groups excluding tert-OH is 1. The van der Waals surface area contributed by atoms with Gasteiger partial charge in [0.1, 0.15) is 6.07 Å². The molecule has 1 rings (SSSR count). The molecule has 0 saturated carbocycles. The number of nitro groups is 1. The fraction of sp³-hybridized carbons (Fsp3) is 0.167. The molecule has 0 heterocycles. The third kappa shape index (κ3) is 2.87. The second-order valence-electron chi connectivity index (χ2n) is 3.81. The van der Waals surface area contributed by atoms with Crippen LogP contribution in [0.25, 0.3) is 5.76 Å². The van der Waals surface area contributed by atoms with Crippen molar-refractivity contribution >= 4 is 17.4 Å². The molecule has 0 aliphatic rings. The van der Waals surface area contributed by atoms with Crippen LogP contribution >= 0.6 is 0 Å². The largest absolute Gasteiger partial charge is 0.505 e. The van der Waals surface area contributed by atoms with Gasteiger partial charge in [0.15, 0.2) is 11.3 Å². The number of amides is 1. The molecular formula is C12H11N3O4. The van der Waals surface area contributed by atoms with Gasteiger partial charge in [-0.3, -0.25) is 14.9 Å². The first-order valence-electron chi connectivity index (χ1n) is 5.19. The van der Waals surface area contributed by atoms with E-state index in [1.165, 1.54) is 38.4 Å². The van der Waals surface area contributed by atoms with Crippen LogP contribution in [0.3, 0.4) is 0 Å². The minimum atomic E-state index is -0.724. The lowest BCUT2D eigenvalue weighted by atomic mass is 10.1. The van der Waals surface area contributed by atoms with Gasteiger partial charge in [0, 0.05) is 20.2 Å². The van der Waals surface area contributed by atoms with E-state index >= 15 is 0 Å². The third-order valence-corrected chi connectivity index (χ3v) is 2.32. The van der Waals surface area contributed by atoms with E-state index in [0.717, 1.165) is 4.90 Å². The molecule has 0 spiro atoms. The lowest BCUT2D eigenvalue weighted by Gasteiger charge is -2.10. The van der Waals surface area contributed by atoms with Crippen LogP contribution in [0.2, 0.25) is 0 Å². The van der Waals surface area contributed by atoms with Gasteiger partial charge in [-0.15, -0.1) is 0 Å². The maximum absolute atomic E-state index is 11.7. The standard InChI is InChI=1S/C12H11N3O4/c1-14(2)12(17)9(7-13)11(16)8-5-3-4-6-10(8)15(18)19/h3-6,16H,1-2H3/b11-9-. The Hall–Kier alpha value is -2.88. The van der Waals surface area contributed by atoms with Gasteiger partial charge >= 0.3 is 0 Å². The molecule has 1 amide bonds. The molecule has 19 heavy (non-hydrogen) atoms. The van der Waals surface area contributed by atoms with Crippen LogP contribution < -0.4 is 0 Å². The van der Waals surface area contributed by atoms with E-state index < -0.39 is 22.2 Å². The Morgan fingerprint density at radius 2 is 2.00 bits per heavy atom. The zero-order valence-corrected chi connectivity index (χ0v) is 10.3. The van der Waals surface area contributed by atoms with Crippen molar-refractivity contribution in [2.75, 3.05) is 14.1 Å². The number of rotatable bonds is 3. The van der Waals surface area contributed by atoms with Crippen LogP contribution in [0.15, 0.2) is 29.8 Å². The van der Waals surface area contributed by atoms with E-state index in [1.807, 2.05) is 0 Å². The molecule has 0 bridgehead atoms. The predicted molar refractivity (Wildman–Crippen MR) is 67.0 cm³/mol. The summed E-state index contributed by atoms with van der Waals surface area (Å²) in [6, 6.07) is 6.91. The van der Waals surface area contributed by atoms with Crippen molar-refractivity contribution < 1.29 is 14.8 Å². The molecule has 7 heteroatoms. The van der Waals surface area contributed by atoms with Gasteiger partial charge in [-0.1, -0.05) is 12.1 Å². The summed E-state index contributed by atoms with van der Waals surface area (Å²) in [6.45, 7) is 0. The van der Waals surface area contributed by atoms with E-state index in [0.29, 0.717) is 0 Å². The summed E-state index contributed by atoms with van der Waals surface area (Å²) < 4.78 is 0. The molecule has 0 fully saturated rings. The lowest BCUT2D eigenvalue weighted by molar-refractivity contribution is -0.385. The molecule has 0 saturated heterocycles. The highest BCUT2D eigenvalue weighted by Gasteiger charge is 2.23. The van der Waals surface area contributed by atoms with Crippen molar-refractivity contribution in [2.24, 2.45) is 0 Å². The number of para-hydroxylation sites is 1. The maximum atomic E-state index is 11.7. The van der Waals surface area contributed by atoms with Gasteiger partial charge in [-0.25, -0.2) is 0 Å². The monoisotopic (exact) mass is 261 g/mol. The minimum Gasteiger partial charge on any atom is -0.505 e. The van der Waals surface area contributed by atoms with Crippen LogP contribution in [0.4, 0.5) is 5.69 Å². The summed E-state index contributed by atoms with van der Waals surface area (Å²) in [4.78, 5) is 22.9. The normalized spacial score (nSPS) is 11.2. The Bertz CT molecular complexity index is 599. The van der Waals surface area contributed by atoms with Gasteiger partial charge in [0.2, 0.25) is 0 Å². The number of likely N-dealkylation sites (N-methyl/N-ethyl adjacent to an activating group) is 1. The highest BCUT2D eigenvalue weighted by molar-refractivity contribution is 6.03. The van der Waals surface area contributed by atoms with E-state index in [4.69, 9.17) is 5.26 Å². The first kappa shape index (κ1) is 14.2. The zero-order valence-electron chi connectivity index (χ0n) is 10.3. The Kier molecular flexibility index (Phi) is 4.21. The summed E-state index contributed by atoms with van der Waals surface area (Å²) in [5, 5.41) is 29.7. The Morgan fingerprint density at radius 1 is 1.42 bits per heavy atom. The fourth-order valence-corrected chi connectivity index (χ4v) is 1.39. The number of nitrogens with zero attached hydrogens (tertiary/aromatic N) is 3. The van der Waals surface area contributed by atoms with Crippen LogP contribution in [0, 0.1) is 21.4 Å². The van der Waals surface area contributed by atoms with Gasteiger partial charge in [0.25, 0.3) is 11.6 Å². The van der Waals surface area contributed by atoms with E-state index in [1.54, 1.807) is 6.07 Å². The number of nitro benzene ring substituents is 1. The number of hydrogen-bond acceptors (Lipinski definition) is 5. The fourth-order valence-electron chi connectivity index (χ4n) is 1.39. The third-order valence-electron chi connectivity index (χ3n) is 2.32. The molecule has 0 unspecified atom stereocenters. The maximum Gasteiger partial charge on any atom is 0.280 e. The molecule has 1 aromatic carbocycles.